The topological polar surface area (TPSA) is 80.0 Å². The standard InChI is InChI=1S/C16H25NO5/c1-19-9-10-20-13-21-12-15(17)7-8-16(18)22-11-14-5-3-2-4-6-14/h2-6,15H,7-13,17H2,1H3. The highest BCUT2D eigenvalue weighted by atomic mass is 16.7. The van der Waals surface area contributed by atoms with Gasteiger partial charge in [-0.2, -0.15) is 0 Å². The molecule has 0 aliphatic rings. The molecule has 0 aliphatic carbocycles. The number of hydrogen-bond acceptors (Lipinski definition) is 6. The largest absolute Gasteiger partial charge is 0.461 e. The Morgan fingerprint density at radius 3 is 2.68 bits per heavy atom. The lowest BCUT2D eigenvalue weighted by Gasteiger charge is -2.12. The van der Waals surface area contributed by atoms with Crippen LogP contribution in [0, 0.1) is 0 Å². The number of benzene rings is 1. The maximum absolute atomic E-state index is 11.6. The quantitative estimate of drug-likeness (QED) is 0.358. The van der Waals surface area contributed by atoms with Crippen LogP contribution in [0.2, 0.25) is 0 Å². The molecule has 0 amide bonds. The zero-order valence-corrected chi connectivity index (χ0v) is 13.0. The number of methoxy groups -OCH3 is 1. The van der Waals surface area contributed by atoms with E-state index in [0.29, 0.717) is 32.8 Å². The number of esters is 1. The fourth-order valence-corrected chi connectivity index (χ4v) is 1.66. The summed E-state index contributed by atoms with van der Waals surface area (Å²) in [6.45, 7) is 1.83. The second-order valence-electron chi connectivity index (χ2n) is 4.83. The van der Waals surface area contributed by atoms with Crippen LogP contribution in [0.15, 0.2) is 30.3 Å². The highest BCUT2D eigenvalue weighted by Gasteiger charge is 2.08. The van der Waals surface area contributed by atoms with Gasteiger partial charge in [0.15, 0.2) is 0 Å². The predicted octanol–water partition coefficient (Wildman–Crippen LogP) is 1.47. The first kappa shape index (κ1) is 18.6. The van der Waals surface area contributed by atoms with Crippen molar-refractivity contribution in [3.8, 4) is 0 Å². The highest BCUT2D eigenvalue weighted by Crippen LogP contribution is 2.04. The summed E-state index contributed by atoms with van der Waals surface area (Å²) in [5, 5.41) is 0. The van der Waals surface area contributed by atoms with Crippen LogP contribution >= 0.6 is 0 Å². The van der Waals surface area contributed by atoms with Crippen molar-refractivity contribution in [2.45, 2.75) is 25.5 Å². The van der Waals surface area contributed by atoms with Crippen LogP contribution in [-0.2, 0) is 30.3 Å². The molecule has 0 saturated heterocycles. The Labute approximate surface area is 131 Å². The van der Waals surface area contributed by atoms with E-state index in [1.54, 1.807) is 7.11 Å². The zero-order chi connectivity index (χ0) is 16.0. The fourth-order valence-electron chi connectivity index (χ4n) is 1.66. The Hall–Kier alpha value is -1.47. The molecule has 0 saturated carbocycles. The van der Waals surface area contributed by atoms with Crippen molar-refractivity contribution in [2.24, 2.45) is 5.73 Å². The summed E-state index contributed by atoms with van der Waals surface area (Å²) < 4.78 is 20.4. The maximum atomic E-state index is 11.6. The van der Waals surface area contributed by atoms with Crippen molar-refractivity contribution in [3.63, 3.8) is 0 Å². The monoisotopic (exact) mass is 311 g/mol. The van der Waals surface area contributed by atoms with Gasteiger partial charge in [-0.05, 0) is 12.0 Å². The number of nitrogens with two attached hydrogens (primary N) is 1. The minimum Gasteiger partial charge on any atom is -0.461 e. The van der Waals surface area contributed by atoms with Gasteiger partial charge in [0.2, 0.25) is 0 Å². The van der Waals surface area contributed by atoms with E-state index in [2.05, 4.69) is 0 Å². The first-order valence-corrected chi connectivity index (χ1v) is 7.32. The van der Waals surface area contributed by atoms with Crippen LogP contribution in [0.1, 0.15) is 18.4 Å². The van der Waals surface area contributed by atoms with Crippen molar-refractivity contribution in [1.29, 1.82) is 0 Å². The normalized spacial score (nSPS) is 12.1. The molecular weight excluding hydrogens is 286 g/mol. The first-order valence-electron chi connectivity index (χ1n) is 7.32. The van der Waals surface area contributed by atoms with Crippen molar-refractivity contribution in [1.82, 2.24) is 0 Å². The number of hydrogen-bond donors (Lipinski definition) is 1. The maximum Gasteiger partial charge on any atom is 0.306 e. The minimum absolute atomic E-state index is 0.176. The third-order valence-electron chi connectivity index (χ3n) is 2.89. The lowest BCUT2D eigenvalue weighted by molar-refractivity contribution is -0.145. The number of ether oxygens (including phenoxy) is 4. The van der Waals surface area contributed by atoms with Gasteiger partial charge >= 0.3 is 5.97 Å². The number of carbonyl (C=O) groups is 1. The van der Waals surface area contributed by atoms with Crippen molar-refractivity contribution >= 4 is 5.97 Å². The van der Waals surface area contributed by atoms with E-state index >= 15 is 0 Å². The third kappa shape index (κ3) is 9.46. The fraction of sp³-hybridized carbons (Fsp3) is 0.562. The summed E-state index contributed by atoms with van der Waals surface area (Å²) in [5.41, 5.74) is 6.83. The molecule has 1 atom stereocenters. The van der Waals surface area contributed by atoms with Gasteiger partial charge in [0, 0.05) is 19.6 Å². The van der Waals surface area contributed by atoms with Gasteiger partial charge in [-0.3, -0.25) is 4.79 Å². The van der Waals surface area contributed by atoms with E-state index in [-0.39, 0.29) is 25.2 Å². The van der Waals surface area contributed by atoms with E-state index < -0.39 is 0 Å². The molecule has 6 heteroatoms. The predicted molar refractivity (Wildman–Crippen MR) is 82.1 cm³/mol. The van der Waals surface area contributed by atoms with Gasteiger partial charge in [-0.25, -0.2) is 0 Å². The molecule has 1 unspecified atom stereocenters. The molecular formula is C16H25NO5. The molecule has 0 aromatic heterocycles. The molecule has 1 aromatic carbocycles. The van der Waals surface area contributed by atoms with Crippen LogP contribution in [-0.4, -0.2) is 45.7 Å². The summed E-state index contributed by atoms with van der Waals surface area (Å²) in [4.78, 5) is 11.6. The number of rotatable bonds is 12. The zero-order valence-electron chi connectivity index (χ0n) is 13.0. The highest BCUT2D eigenvalue weighted by molar-refractivity contribution is 5.69. The Balaban J connectivity index is 2.01. The van der Waals surface area contributed by atoms with Crippen molar-refractivity contribution in [3.05, 3.63) is 35.9 Å². The molecule has 22 heavy (non-hydrogen) atoms. The van der Waals surface area contributed by atoms with Crippen molar-refractivity contribution in [2.75, 3.05) is 33.7 Å². The molecule has 1 rings (SSSR count). The summed E-state index contributed by atoms with van der Waals surface area (Å²) in [6, 6.07) is 9.35. The number of carbonyl (C=O) groups excluding carboxylic acids is 1. The molecule has 124 valence electrons. The van der Waals surface area contributed by atoms with E-state index in [9.17, 15) is 4.79 Å². The van der Waals surface area contributed by atoms with Crippen LogP contribution in [0.3, 0.4) is 0 Å². The molecule has 0 fully saturated rings. The second-order valence-corrected chi connectivity index (χ2v) is 4.83. The van der Waals surface area contributed by atoms with Gasteiger partial charge in [0.05, 0.1) is 19.8 Å². The first-order chi connectivity index (χ1) is 10.7. The van der Waals surface area contributed by atoms with E-state index in [1.165, 1.54) is 0 Å². The van der Waals surface area contributed by atoms with Gasteiger partial charge in [0.1, 0.15) is 13.4 Å². The SMILES string of the molecule is COCCOCOCC(N)CCC(=O)OCc1ccccc1. The van der Waals surface area contributed by atoms with E-state index in [0.717, 1.165) is 5.56 Å². The summed E-state index contributed by atoms with van der Waals surface area (Å²) in [7, 11) is 1.61. The lowest BCUT2D eigenvalue weighted by Crippen LogP contribution is -2.28. The van der Waals surface area contributed by atoms with Gasteiger partial charge in [-0.1, -0.05) is 30.3 Å². The van der Waals surface area contributed by atoms with Gasteiger partial charge in [-0.15, -0.1) is 0 Å². The van der Waals surface area contributed by atoms with Crippen molar-refractivity contribution < 1.29 is 23.7 Å². The van der Waals surface area contributed by atoms with Crippen LogP contribution in [0.5, 0.6) is 0 Å². The molecule has 6 nitrogen and oxygen atoms in total. The second kappa shape index (κ2) is 12.1. The van der Waals surface area contributed by atoms with Crippen LogP contribution in [0.25, 0.3) is 0 Å². The van der Waals surface area contributed by atoms with Crippen LogP contribution in [0.4, 0.5) is 0 Å². The van der Waals surface area contributed by atoms with Gasteiger partial charge in [0.25, 0.3) is 0 Å². The molecule has 0 heterocycles. The minimum atomic E-state index is -0.254. The molecule has 0 aliphatic heterocycles. The molecule has 0 bridgehead atoms. The Morgan fingerprint density at radius 1 is 1.18 bits per heavy atom. The Morgan fingerprint density at radius 2 is 1.95 bits per heavy atom. The average molecular weight is 311 g/mol. The Kier molecular flexibility index (Phi) is 10.2. The summed E-state index contributed by atoms with van der Waals surface area (Å²) in [5.74, 6) is -0.254. The molecule has 2 N–H and O–H groups in total. The van der Waals surface area contributed by atoms with E-state index in [4.69, 9.17) is 24.7 Å². The smallest absolute Gasteiger partial charge is 0.306 e. The molecule has 1 aromatic rings. The van der Waals surface area contributed by atoms with Crippen LogP contribution < -0.4 is 5.73 Å². The molecule has 0 spiro atoms. The lowest BCUT2D eigenvalue weighted by atomic mass is 10.2. The van der Waals surface area contributed by atoms with E-state index in [1.807, 2.05) is 30.3 Å². The summed E-state index contributed by atoms with van der Waals surface area (Å²) in [6.07, 6.45) is 0.799. The van der Waals surface area contributed by atoms with Gasteiger partial charge < -0.3 is 24.7 Å². The molecule has 0 radical (unpaired) electrons. The average Bonchev–Trinajstić information content (AvgIpc) is 2.55. The third-order valence-corrected chi connectivity index (χ3v) is 2.89. The summed E-state index contributed by atoms with van der Waals surface area (Å²) >= 11 is 0. The Bertz CT molecular complexity index is 399.